The molecule has 268 valence electrons. The van der Waals surface area contributed by atoms with E-state index in [9.17, 15) is 2.86 Å². The van der Waals surface area contributed by atoms with Gasteiger partial charge in [-0.3, -0.25) is 0 Å². The van der Waals surface area contributed by atoms with Crippen LogP contribution in [0, 0.1) is 20.8 Å². The van der Waals surface area contributed by atoms with E-state index in [1.807, 2.05) is 48.6 Å². The standard InChI is InChI=1S/C11H15N.2C10H13N.3C2H6.CH4.FI2.HI2/c1-8-3-5-9(6-4-8)10-7-11(10)12-2;2*1-7-2-4-8(5-3-7)9-6-10(9)11;3*1-2;;1-3-2;1-2/h3-6,10-12H,7H2,1-2H3;2*2-5,9-10H,6,11H2,1H3;3*1-2H3;1H4;;1H/q;;;;;;;2*-1/i;;;;;;;;1D/hD2. The van der Waals surface area contributed by atoms with Gasteiger partial charge in [0.25, 0.3) is 0 Å². The van der Waals surface area contributed by atoms with E-state index < -0.39 is 17.8 Å². The molecule has 46 heavy (non-hydrogen) atoms. The first kappa shape index (κ1) is 44.4. The Balaban J connectivity index is -0.000000555. The van der Waals surface area contributed by atoms with Gasteiger partial charge in [-0.1, -0.05) is 138 Å². The third kappa shape index (κ3) is 21.5. The van der Waals surface area contributed by atoms with Gasteiger partial charge in [0, 0.05) is 35.9 Å². The van der Waals surface area contributed by atoms with Crippen LogP contribution in [0.2, 0.25) is 2.82 Å². The Bertz CT molecular complexity index is 1160. The Morgan fingerprint density at radius 3 is 1.24 bits per heavy atom. The summed E-state index contributed by atoms with van der Waals surface area (Å²) in [5.74, 6) is 1.83. The Kier molecular flexibility index (Phi) is 30.3. The summed E-state index contributed by atoms with van der Waals surface area (Å²) >= 11 is 2.67. The van der Waals surface area contributed by atoms with E-state index in [2.05, 4.69) is 118 Å². The van der Waals surface area contributed by atoms with Crippen molar-refractivity contribution >= 4 is 37.2 Å². The molecule has 0 amide bonds. The molecule has 0 saturated heterocycles. The summed E-state index contributed by atoms with van der Waals surface area (Å²) in [6.07, 6.45) is 3.43. The zero-order valence-electron chi connectivity index (χ0n) is 31.9. The van der Waals surface area contributed by atoms with Crippen LogP contribution in [0.3, 0.4) is 0 Å². The van der Waals surface area contributed by atoms with Gasteiger partial charge in [-0.15, -0.1) is 0 Å². The monoisotopic (exact) mass is 1090 g/mol. The van der Waals surface area contributed by atoms with E-state index in [0.29, 0.717) is 35.9 Å². The number of benzene rings is 3. The molecule has 5 N–H and O–H groups in total. The molecule has 0 bridgehead atoms. The summed E-state index contributed by atoms with van der Waals surface area (Å²) < 4.78 is 31.1. The van der Waals surface area contributed by atoms with Crippen molar-refractivity contribution in [2.45, 2.75) is 125 Å². The van der Waals surface area contributed by atoms with Crippen molar-refractivity contribution in [3.05, 3.63) is 106 Å². The maximum absolute atomic E-state index is 10.4. The van der Waals surface area contributed by atoms with Crippen LogP contribution in [-0.4, -0.2) is 25.8 Å². The molecule has 0 aromatic heterocycles. The molecule has 3 aliphatic carbocycles. The van der Waals surface area contributed by atoms with Crippen molar-refractivity contribution in [3.63, 3.8) is 0 Å². The topological polar surface area (TPSA) is 64.1 Å². The van der Waals surface area contributed by atoms with E-state index in [0.717, 1.165) is 12.8 Å². The zero-order valence-corrected chi connectivity index (χ0v) is 37.6. The van der Waals surface area contributed by atoms with Crippen LogP contribution in [0.25, 0.3) is 0 Å². The van der Waals surface area contributed by atoms with E-state index >= 15 is 0 Å². The summed E-state index contributed by atoms with van der Waals surface area (Å²) in [4.78, 5) is 0. The molecule has 3 nitrogen and oxygen atoms in total. The fourth-order valence-corrected chi connectivity index (χ4v) is 4.43. The van der Waals surface area contributed by atoms with Crippen molar-refractivity contribution in [2.75, 3.05) is 7.05 Å². The number of hydrogen-bond acceptors (Lipinski definition) is 3. The van der Waals surface area contributed by atoms with Crippen LogP contribution in [0.1, 0.15) is 119 Å². The summed E-state index contributed by atoms with van der Waals surface area (Å²) in [6, 6.07) is 27.2. The second-order valence-electron chi connectivity index (χ2n) is 10.4. The Morgan fingerprint density at radius 1 is 0.739 bits per heavy atom. The Hall–Kier alpha value is 0.390. The minimum absolute atomic E-state index is 0. The van der Waals surface area contributed by atoms with E-state index in [-0.39, 0.29) is 25.8 Å². The van der Waals surface area contributed by atoms with E-state index in [1.165, 1.54) is 39.8 Å². The average molecular weight is 1090 g/mol. The molecule has 3 aromatic carbocycles. The second kappa shape index (κ2) is 31.4. The molecular formula is C38H64FI4N3-2. The Morgan fingerprint density at radius 2 is 1.02 bits per heavy atom. The van der Waals surface area contributed by atoms with E-state index in [4.69, 9.17) is 9.15 Å². The van der Waals surface area contributed by atoms with Gasteiger partial charge in [-0.05, 0) is 63.8 Å². The summed E-state index contributed by atoms with van der Waals surface area (Å²) in [7, 11) is 1.83. The second-order valence-corrected chi connectivity index (χ2v) is 12.8. The minimum atomic E-state index is -0.940. The summed E-state index contributed by atoms with van der Waals surface area (Å²) in [5.41, 5.74) is 16.4. The van der Waals surface area contributed by atoms with Gasteiger partial charge in [0.15, 0.2) is 0 Å². The van der Waals surface area contributed by atoms with Crippen LogP contribution < -0.4 is 53.0 Å². The number of hydrogen-bond donors (Lipinski definition) is 3. The average Bonchev–Trinajstić information content (AvgIpc) is 4.00. The first-order chi connectivity index (χ1) is 23.1. The molecule has 0 radical (unpaired) electrons. The van der Waals surface area contributed by atoms with Crippen molar-refractivity contribution in [1.29, 1.82) is 0.594 Å². The number of nitrogens with two attached hydrogens (primary N) is 2. The van der Waals surface area contributed by atoms with Crippen molar-refractivity contribution in [1.82, 2.24) is 5.31 Å². The third-order valence-electron chi connectivity index (χ3n) is 7.24. The number of likely N-dealkylation sites (N-methyl/N-ethyl adjacent to an activating group) is 1. The molecule has 3 aromatic rings. The third-order valence-corrected chi connectivity index (χ3v) is 7.24. The molecule has 3 fully saturated rings. The fraction of sp³-hybridized carbons (Fsp3) is 0.526. The summed E-state index contributed by atoms with van der Waals surface area (Å²) in [6.45, 7) is 18.3. The van der Waals surface area contributed by atoms with Gasteiger partial charge in [0.1, 0.15) is 2.82 Å². The molecule has 3 saturated carbocycles. The van der Waals surface area contributed by atoms with Crippen LogP contribution in [0.4, 0.5) is 2.86 Å². The fourth-order valence-electron chi connectivity index (χ4n) is 4.43. The number of aryl methyl sites for hydroxylation is 3. The van der Waals surface area contributed by atoms with Gasteiger partial charge in [0.05, 0.1) is 0 Å². The number of nitrogens with one attached hydrogen (secondary N) is 1. The Labute approximate surface area is 331 Å². The van der Waals surface area contributed by atoms with Gasteiger partial charge >= 0.3 is 76.9 Å². The number of halogens is 5. The van der Waals surface area contributed by atoms with Gasteiger partial charge in [-0.2, -0.15) is 0 Å². The molecule has 0 aliphatic heterocycles. The van der Waals surface area contributed by atoms with Crippen LogP contribution >= 0.6 is 37.2 Å². The first-order valence-electron chi connectivity index (χ1n) is 17.4. The van der Waals surface area contributed by atoms with Crippen LogP contribution in [0.5, 0.6) is 0 Å². The van der Waals surface area contributed by atoms with Crippen molar-refractivity contribution in [3.8, 4) is 0 Å². The molecule has 0 spiro atoms. The predicted octanol–water partition coefficient (Wildman–Crippen LogP) is 5.34. The SMILES string of the molecule is C.CC.CC.CC.Cc1ccc(C2CC2N)cc1.F[I-]I.[2H]N(C)C1CC1c1ccc(C)cc1.[2H]NC1CC1c1ccc(C)cc1.[2H][I-]I. The van der Waals surface area contributed by atoms with Crippen LogP contribution in [0.15, 0.2) is 72.8 Å². The van der Waals surface area contributed by atoms with Gasteiger partial charge in [0.2, 0.25) is 0 Å². The van der Waals surface area contributed by atoms with Crippen molar-refractivity contribution in [2.24, 2.45) is 11.5 Å². The molecule has 3 aliphatic rings. The number of rotatable bonds is 5. The molecule has 6 atom stereocenters. The van der Waals surface area contributed by atoms with Crippen LogP contribution in [-0.2, 0) is 0 Å². The molecular weight excluding hydrogens is 1030 g/mol. The first-order valence-corrected chi connectivity index (χ1v) is 29.4. The van der Waals surface area contributed by atoms with Gasteiger partial charge in [-0.25, -0.2) is 0 Å². The zero-order chi connectivity index (χ0) is 37.2. The molecule has 6 unspecified atom stereocenters. The van der Waals surface area contributed by atoms with E-state index in [1.54, 1.807) is 23.9 Å². The molecule has 0 heterocycles. The van der Waals surface area contributed by atoms with Crippen molar-refractivity contribution < 1.29 is 41.9 Å². The normalized spacial score (nSPS) is 22.8. The maximum atomic E-state index is 10.4. The van der Waals surface area contributed by atoms with Gasteiger partial charge < -0.3 is 16.8 Å². The molecule has 6 rings (SSSR count). The molecule has 8 heteroatoms. The summed E-state index contributed by atoms with van der Waals surface area (Å²) in [5, 5.41) is 1.57. The predicted molar refractivity (Wildman–Crippen MR) is 216 cm³/mol. The quantitative estimate of drug-likeness (QED) is 0.303.